The first-order chi connectivity index (χ1) is 7.97. The Morgan fingerprint density at radius 3 is 2.71 bits per heavy atom. The van der Waals surface area contributed by atoms with Gasteiger partial charge in [0.25, 0.3) is 5.89 Å². The van der Waals surface area contributed by atoms with Gasteiger partial charge in [-0.2, -0.15) is 0 Å². The van der Waals surface area contributed by atoms with Crippen LogP contribution in [0.2, 0.25) is 0 Å². The molecule has 0 aliphatic rings. The first kappa shape index (κ1) is 11.4. The number of rotatable bonds is 2. The standard InChI is InChI=1S/C11H13N3O3/c1-11(2,3)9(15)12-10-14-13-8(17-10)7-5-4-6-16-7/h4-6H,1-3H3,(H,12,14,15). The van der Waals surface area contributed by atoms with E-state index in [9.17, 15) is 4.79 Å². The minimum absolute atomic E-state index is 0.0660. The summed E-state index contributed by atoms with van der Waals surface area (Å²) < 4.78 is 10.3. The number of carbonyl (C=O) groups excluding carboxylic acids is 1. The smallest absolute Gasteiger partial charge is 0.322 e. The lowest BCUT2D eigenvalue weighted by molar-refractivity contribution is -0.123. The Labute approximate surface area is 98.0 Å². The molecule has 1 N–H and O–H groups in total. The maximum Gasteiger partial charge on any atom is 0.322 e. The van der Waals surface area contributed by atoms with Crippen molar-refractivity contribution in [1.82, 2.24) is 10.2 Å². The van der Waals surface area contributed by atoms with Crippen molar-refractivity contribution < 1.29 is 13.6 Å². The molecular formula is C11H13N3O3. The van der Waals surface area contributed by atoms with Gasteiger partial charge in [-0.15, -0.1) is 5.10 Å². The van der Waals surface area contributed by atoms with Gasteiger partial charge in [0.05, 0.1) is 6.26 Å². The second-order valence-corrected chi connectivity index (χ2v) is 4.59. The van der Waals surface area contributed by atoms with Gasteiger partial charge in [-0.05, 0) is 12.1 Å². The summed E-state index contributed by atoms with van der Waals surface area (Å²) in [6.45, 7) is 5.39. The zero-order valence-corrected chi connectivity index (χ0v) is 9.85. The highest BCUT2D eigenvalue weighted by Crippen LogP contribution is 2.21. The molecule has 1 amide bonds. The first-order valence-electron chi connectivity index (χ1n) is 5.15. The maximum atomic E-state index is 11.7. The number of amides is 1. The molecule has 2 aromatic rings. The molecule has 6 heteroatoms. The van der Waals surface area contributed by atoms with Gasteiger partial charge in [0.2, 0.25) is 5.91 Å². The van der Waals surface area contributed by atoms with E-state index in [0.717, 1.165) is 0 Å². The highest BCUT2D eigenvalue weighted by Gasteiger charge is 2.23. The Hall–Kier alpha value is -2.11. The van der Waals surface area contributed by atoms with Crippen molar-refractivity contribution in [3.63, 3.8) is 0 Å². The Bertz CT molecular complexity index is 508. The second kappa shape index (κ2) is 4.04. The van der Waals surface area contributed by atoms with Crippen molar-refractivity contribution in [3.05, 3.63) is 18.4 Å². The van der Waals surface area contributed by atoms with Gasteiger partial charge in [-0.25, -0.2) is 0 Å². The topological polar surface area (TPSA) is 81.2 Å². The lowest BCUT2D eigenvalue weighted by atomic mass is 9.96. The predicted octanol–water partition coefficient (Wildman–Crippen LogP) is 2.31. The van der Waals surface area contributed by atoms with E-state index < -0.39 is 5.41 Å². The average Bonchev–Trinajstić information content (AvgIpc) is 2.83. The van der Waals surface area contributed by atoms with E-state index in [2.05, 4.69) is 15.5 Å². The predicted molar refractivity (Wildman–Crippen MR) is 60.1 cm³/mol. The second-order valence-electron chi connectivity index (χ2n) is 4.59. The van der Waals surface area contributed by atoms with Crippen LogP contribution in [0.1, 0.15) is 20.8 Å². The SMILES string of the molecule is CC(C)(C)C(=O)Nc1nnc(-c2ccco2)o1. The molecule has 2 rings (SSSR count). The van der Waals surface area contributed by atoms with Crippen LogP contribution in [0.3, 0.4) is 0 Å². The lowest BCUT2D eigenvalue weighted by Crippen LogP contribution is -2.27. The van der Waals surface area contributed by atoms with Crippen LogP contribution in [-0.4, -0.2) is 16.1 Å². The molecule has 2 heterocycles. The number of hydrogen-bond acceptors (Lipinski definition) is 5. The number of carbonyl (C=O) groups is 1. The number of nitrogens with one attached hydrogen (secondary N) is 1. The van der Waals surface area contributed by atoms with Gasteiger partial charge in [-0.3, -0.25) is 10.1 Å². The Kier molecular flexibility index (Phi) is 2.71. The van der Waals surface area contributed by atoms with E-state index in [1.165, 1.54) is 6.26 Å². The summed E-state index contributed by atoms with van der Waals surface area (Å²) in [4.78, 5) is 11.7. The molecule has 2 aromatic heterocycles. The van der Waals surface area contributed by atoms with Crippen LogP contribution in [0.25, 0.3) is 11.7 Å². The number of hydrogen-bond donors (Lipinski definition) is 1. The number of furan rings is 1. The summed E-state index contributed by atoms with van der Waals surface area (Å²) in [5.74, 6) is 0.514. The van der Waals surface area contributed by atoms with Crippen LogP contribution in [0.15, 0.2) is 27.2 Å². The Balaban J connectivity index is 2.12. The molecule has 0 radical (unpaired) electrons. The fourth-order valence-corrected chi connectivity index (χ4v) is 1.06. The molecule has 17 heavy (non-hydrogen) atoms. The molecule has 0 atom stereocenters. The molecule has 90 valence electrons. The summed E-state index contributed by atoms with van der Waals surface area (Å²) in [5, 5.41) is 10.0. The molecule has 0 aromatic carbocycles. The van der Waals surface area contributed by atoms with E-state index >= 15 is 0 Å². The van der Waals surface area contributed by atoms with E-state index in [0.29, 0.717) is 5.76 Å². The van der Waals surface area contributed by atoms with Gasteiger partial charge in [-0.1, -0.05) is 25.9 Å². The fraction of sp³-hybridized carbons (Fsp3) is 0.364. The third kappa shape index (κ3) is 2.52. The van der Waals surface area contributed by atoms with E-state index in [1.807, 2.05) is 0 Å². The summed E-state index contributed by atoms with van der Waals surface area (Å²) >= 11 is 0. The molecular weight excluding hydrogens is 222 g/mol. The lowest BCUT2D eigenvalue weighted by Gasteiger charge is -2.15. The number of nitrogens with zero attached hydrogens (tertiary/aromatic N) is 2. The normalized spacial score (nSPS) is 11.5. The van der Waals surface area contributed by atoms with Gasteiger partial charge >= 0.3 is 6.01 Å². The summed E-state index contributed by atoms with van der Waals surface area (Å²) in [5.41, 5.74) is -0.515. The number of aromatic nitrogens is 2. The van der Waals surface area contributed by atoms with Crippen LogP contribution in [0.5, 0.6) is 0 Å². The van der Waals surface area contributed by atoms with Crippen LogP contribution >= 0.6 is 0 Å². The molecule has 0 saturated heterocycles. The van der Waals surface area contributed by atoms with Crippen molar-refractivity contribution in [2.75, 3.05) is 5.32 Å². The highest BCUT2D eigenvalue weighted by atomic mass is 16.4. The third-order valence-electron chi connectivity index (χ3n) is 2.06. The molecule has 0 spiro atoms. The van der Waals surface area contributed by atoms with E-state index in [4.69, 9.17) is 8.83 Å². The largest absolute Gasteiger partial charge is 0.459 e. The molecule has 6 nitrogen and oxygen atoms in total. The number of anilines is 1. The maximum absolute atomic E-state index is 11.7. The summed E-state index contributed by atoms with van der Waals surface area (Å²) in [6.07, 6.45) is 1.51. The average molecular weight is 235 g/mol. The molecule has 0 fully saturated rings. The van der Waals surface area contributed by atoms with E-state index in [1.54, 1.807) is 32.9 Å². The van der Waals surface area contributed by atoms with Crippen LogP contribution in [0, 0.1) is 5.41 Å². The van der Waals surface area contributed by atoms with Crippen molar-refractivity contribution in [2.45, 2.75) is 20.8 Å². The quantitative estimate of drug-likeness (QED) is 0.863. The molecule has 0 aliphatic carbocycles. The molecule has 0 unspecified atom stereocenters. The first-order valence-corrected chi connectivity index (χ1v) is 5.15. The van der Waals surface area contributed by atoms with Crippen molar-refractivity contribution in [2.24, 2.45) is 5.41 Å². The zero-order chi connectivity index (χ0) is 12.5. The van der Waals surface area contributed by atoms with Gasteiger partial charge in [0.1, 0.15) is 0 Å². The minimum atomic E-state index is -0.515. The fourth-order valence-electron chi connectivity index (χ4n) is 1.06. The van der Waals surface area contributed by atoms with Crippen molar-refractivity contribution >= 4 is 11.9 Å². The minimum Gasteiger partial charge on any atom is -0.459 e. The highest BCUT2D eigenvalue weighted by molar-refractivity contribution is 5.92. The van der Waals surface area contributed by atoms with Crippen LogP contribution in [0.4, 0.5) is 6.01 Å². The van der Waals surface area contributed by atoms with Crippen molar-refractivity contribution in [3.8, 4) is 11.7 Å². The monoisotopic (exact) mass is 235 g/mol. The third-order valence-corrected chi connectivity index (χ3v) is 2.06. The molecule has 0 bridgehead atoms. The van der Waals surface area contributed by atoms with Gasteiger partial charge in [0, 0.05) is 5.41 Å². The Morgan fingerprint density at radius 1 is 1.35 bits per heavy atom. The van der Waals surface area contributed by atoms with Crippen molar-refractivity contribution in [1.29, 1.82) is 0 Å². The molecule has 0 aliphatic heterocycles. The zero-order valence-electron chi connectivity index (χ0n) is 9.85. The van der Waals surface area contributed by atoms with Gasteiger partial charge in [0.15, 0.2) is 5.76 Å². The summed E-state index contributed by atoms with van der Waals surface area (Å²) in [7, 11) is 0. The van der Waals surface area contributed by atoms with E-state index in [-0.39, 0.29) is 17.8 Å². The summed E-state index contributed by atoms with van der Waals surface area (Å²) in [6, 6.07) is 3.48. The molecule has 0 saturated carbocycles. The van der Waals surface area contributed by atoms with Gasteiger partial charge < -0.3 is 8.83 Å². The van der Waals surface area contributed by atoms with Crippen LogP contribution < -0.4 is 5.32 Å². The van der Waals surface area contributed by atoms with Crippen LogP contribution in [-0.2, 0) is 4.79 Å². The Morgan fingerprint density at radius 2 is 2.12 bits per heavy atom.